The third kappa shape index (κ3) is 3.52. The van der Waals surface area contributed by atoms with Crippen LogP contribution in [-0.4, -0.2) is 24.1 Å². The molecule has 0 bridgehead atoms. The van der Waals surface area contributed by atoms with Crippen LogP contribution in [0.2, 0.25) is 0 Å². The van der Waals surface area contributed by atoms with Crippen LogP contribution in [0.15, 0.2) is 59.4 Å². The molecule has 3 aromatic rings. The Morgan fingerprint density at radius 2 is 1.70 bits per heavy atom. The average molecular weight is 366 g/mol. The topological polar surface area (TPSA) is 80.4 Å². The van der Waals surface area contributed by atoms with Crippen molar-refractivity contribution in [3.63, 3.8) is 0 Å². The Kier molecular flexibility index (Phi) is 4.33. The Balaban J connectivity index is 1.55. The smallest absolute Gasteiger partial charge is 0.261 e. The summed E-state index contributed by atoms with van der Waals surface area (Å²) in [5, 5.41) is 2.67. The van der Waals surface area contributed by atoms with E-state index in [1.165, 1.54) is 18.2 Å². The molecule has 6 nitrogen and oxygen atoms in total. The van der Waals surface area contributed by atoms with E-state index in [1.807, 2.05) is 0 Å². The Morgan fingerprint density at radius 1 is 0.963 bits per heavy atom. The van der Waals surface area contributed by atoms with E-state index in [9.17, 15) is 14.0 Å². The second-order valence-corrected chi connectivity index (χ2v) is 5.93. The summed E-state index contributed by atoms with van der Waals surface area (Å²) in [6.45, 7) is 0.920. The maximum absolute atomic E-state index is 13.0. The molecular weight excluding hydrogens is 351 g/mol. The van der Waals surface area contributed by atoms with Crippen molar-refractivity contribution in [2.24, 2.45) is 0 Å². The molecule has 0 atom stereocenters. The van der Waals surface area contributed by atoms with Gasteiger partial charge in [0.15, 0.2) is 11.5 Å². The van der Waals surface area contributed by atoms with Gasteiger partial charge >= 0.3 is 0 Å². The van der Waals surface area contributed by atoms with Crippen molar-refractivity contribution in [2.45, 2.75) is 0 Å². The molecule has 2 N–H and O–H groups in total. The molecule has 1 aliphatic heterocycles. The van der Waals surface area contributed by atoms with E-state index < -0.39 is 11.5 Å². The molecule has 1 amide bonds. The fourth-order valence-electron chi connectivity index (χ4n) is 2.77. The maximum atomic E-state index is 13.0. The van der Waals surface area contributed by atoms with Crippen molar-refractivity contribution >= 4 is 11.6 Å². The summed E-state index contributed by atoms with van der Waals surface area (Å²) < 4.78 is 23.9. The largest absolute Gasteiger partial charge is 0.486 e. The second kappa shape index (κ2) is 6.95. The summed E-state index contributed by atoms with van der Waals surface area (Å²) in [6, 6.07) is 13.8. The van der Waals surface area contributed by atoms with Gasteiger partial charge in [-0.3, -0.25) is 9.59 Å². The molecule has 1 aliphatic rings. The highest BCUT2D eigenvalue weighted by Crippen LogP contribution is 2.32. The third-order valence-electron chi connectivity index (χ3n) is 4.11. The first-order valence-electron chi connectivity index (χ1n) is 8.30. The summed E-state index contributed by atoms with van der Waals surface area (Å²) in [5.74, 6) is 0.246. The fourth-order valence-corrected chi connectivity index (χ4v) is 2.77. The van der Waals surface area contributed by atoms with Crippen molar-refractivity contribution in [1.29, 1.82) is 0 Å². The zero-order chi connectivity index (χ0) is 18.8. The zero-order valence-corrected chi connectivity index (χ0v) is 14.1. The van der Waals surface area contributed by atoms with Crippen LogP contribution in [0.5, 0.6) is 11.5 Å². The lowest BCUT2D eigenvalue weighted by Gasteiger charge is -2.19. The van der Waals surface area contributed by atoms with E-state index in [1.54, 1.807) is 36.4 Å². The molecule has 7 heteroatoms. The van der Waals surface area contributed by atoms with Gasteiger partial charge in [-0.2, -0.15) is 0 Å². The molecule has 0 radical (unpaired) electrons. The number of fused-ring (bicyclic) bond motifs is 1. The van der Waals surface area contributed by atoms with E-state index in [4.69, 9.17) is 9.47 Å². The minimum absolute atomic E-state index is 0.0317. The summed E-state index contributed by atoms with van der Waals surface area (Å²) in [7, 11) is 0. The molecule has 0 unspecified atom stereocenters. The lowest BCUT2D eigenvalue weighted by molar-refractivity contribution is 0.102. The van der Waals surface area contributed by atoms with Gasteiger partial charge in [-0.25, -0.2) is 4.39 Å². The monoisotopic (exact) mass is 366 g/mol. The van der Waals surface area contributed by atoms with E-state index in [0.29, 0.717) is 41.7 Å². The summed E-state index contributed by atoms with van der Waals surface area (Å²) in [4.78, 5) is 27.4. The van der Waals surface area contributed by atoms with E-state index in [-0.39, 0.29) is 11.4 Å². The van der Waals surface area contributed by atoms with Crippen molar-refractivity contribution < 1.29 is 18.7 Å². The summed E-state index contributed by atoms with van der Waals surface area (Å²) in [5.41, 5.74) is 1.07. The summed E-state index contributed by atoms with van der Waals surface area (Å²) >= 11 is 0. The molecule has 0 aliphatic carbocycles. The first kappa shape index (κ1) is 16.8. The van der Waals surface area contributed by atoms with Gasteiger partial charge in [-0.05, 0) is 54.1 Å². The lowest BCUT2D eigenvalue weighted by Crippen LogP contribution is -2.23. The molecule has 0 spiro atoms. The van der Waals surface area contributed by atoms with Gasteiger partial charge in [0.2, 0.25) is 0 Å². The van der Waals surface area contributed by atoms with E-state index in [0.717, 1.165) is 0 Å². The molecule has 136 valence electrons. The number of rotatable bonds is 3. The number of ether oxygens (including phenoxy) is 2. The number of H-pyrrole nitrogens is 1. The Labute approximate surface area is 153 Å². The molecule has 0 saturated heterocycles. The number of pyridine rings is 1. The first-order valence-corrected chi connectivity index (χ1v) is 8.30. The molecule has 0 saturated carbocycles. The normalized spacial score (nSPS) is 12.5. The van der Waals surface area contributed by atoms with E-state index >= 15 is 0 Å². The standard InChI is InChI=1S/C20H15FN2O4/c21-13-3-1-12(2-4-13)16-7-6-15(20(25)23-16)19(24)22-14-5-8-17-18(11-14)27-10-9-26-17/h1-8,11H,9-10H2,(H,22,24)(H,23,25). The Hall–Kier alpha value is -3.61. The van der Waals surface area contributed by atoms with Gasteiger partial charge in [0, 0.05) is 17.4 Å². The number of aromatic nitrogens is 1. The van der Waals surface area contributed by atoms with Crippen LogP contribution in [0.4, 0.5) is 10.1 Å². The molecule has 4 rings (SSSR count). The number of carbonyl (C=O) groups excluding carboxylic acids is 1. The fraction of sp³-hybridized carbons (Fsp3) is 0.100. The molecule has 1 aromatic heterocycles. The van der Waals surface area contributed by atoms with Crippen molar-refractivity contribution in [3.8, 4) is 22.8 Å². The van der Waals surface area contributed by atoms with Gasteiger partial charge < -0.3 is 19.8 Å². The average Bonchev–Trinajstić information content (AvgIpc) is 2.68. The van der Waals surface area contributed by atoms with Crippen LogP contribution < -0.4 is 20.3 Å². The SMILES string of the molecule is O=C(Nc1ccc2c(c1)OCCO2)c1ccc(-c2ccc(F)cc2)[nH]c1=O. The van der Waals surface area contributed by atoms with Crippen molar-refractivity contribution in [2.75, 3.05) is 18.5 Å². The summed E-state index contributed by atoms with van der Waals surface area (Å²) in [6.07, 6.45) is 0. The number of nitrogens with one attached hydrogen (secondary N) is 2. The Bertz CT molecular complexity index is 1060. The van der Waals surface area contributed by atoms with Crippen LogP contribution in [0, 0.1) is 5.82 Å². The molecule has 27 heavy (non-hydrogen) atoms. The number of hydrogen-bond acceptors (Lipinski definition) is 4. The van der Waals surface area contributed by atoms with Gasteiger partial charge in [0.05, 0.1) is 0 Å². The van der Waals surface area contributed by atoms with Gasteiger partial charge in [0.1, 0.15) is 24.6 Å². The number of amides is 1. The highest BCUT2D eigenvalue weighted by Gasteiger charge is 2.15. The van der Waals surface area contributed by atoms with Gasteiger partial charge in [0.25, 0.3) is 11.5 Å². The first-order chi connectivity index (χ1) is 13.1. The molecule has 0 fully saturated rings. The number of halogens is 1. The van der Waals surface area contributed by atoms with Crippen molar-refractivity contribution in [1.82, 2.24) is 4.98 Å². The number of anilines is 1. The predicted octanol–water partition coefficient (Wildman–Crippen LogP) is 3.20. The van der Waals surface area contributed by atoms with Gasteiger partial charge in [-0.1, -0.05) is 0 Å². The highest BCUT2D eigenvalue weighted by atomic mass is 19.1. The van der Waals surface area contributed by atoms with Crippen molar-refractivity contribution in [3.05, 3.63) is 76.3 Å². The molecule has 2 aromatic carbocycles. The maximum Gasteiger partial charge on any atom is 0.261 e. The predicted molar refractivity (Wildman–Crippen MR) is 97.8 cm³/mol. The van der Waals surface area contributed by atoms with Crippen LogP contribution in [0.3, 0.4) is 0 Å². The number of benzene rings is 2. The van der Waals surface area contributed by atoms with Crippen LogP contribution in [-0.2, 0) is 0 Å². The molecular formula is C20H15FN2O4. The second-order valence-electron chi connectivity index (χ2n) is 5.93. The lowest BCUT2D eigenvalue weighted by atomic mass is 10.1. The minimum atomic E-state index is -0.543. The van der Waals surface area contributed by atoms with Crippen LogP contribution in [0.25, 0.3) is 11.3 Å². The number of aromatic amines is 1. The quantitative estimate of drug-likeness (QED) is 0.746. The van der Waals surface area contributed by atoms with Gasteiger partial charge in [-0.15, -0.1) is 0 Å². The number of carbonyl (C=O) groups is 1. The molecule has 2 heterocycles. The highest BCUT2D eigenvalue weighted by molar-refractivity contribution is 6.04. The van der Waals surface area contributed by atoms with Crippen LogP contribution >= 0.6 is 0 Å². The number of hydrogen-bond donors (Lipinski definition) is 2. The van der Waals surface area contributed by atoms with Crippen LogP contribution in [0.1, 0.15) is 10.4 Å². The minimum Gasteiger partial charge on any atom is -0.486 e. The zero-order valence-electron chi connectivity index (χ0n) is 14.1. The Morgan fingerprint density at radius 3 is 2.44 bits per heavy atom. The van der Waals surface area contributed by atoms with E-state index in [2.05, 4.69) is 10.3 Å². The third-order valence-corrected chi connectivity index (χ3v) is 4.11.